The number of alkyl halides is 2. The molecule has 0 fully saturated rings. The molecular formula is C18H15F2N5O2. The Balaban J connectivity index is 1.70. The van der Waals surface area contributed by atoms with Crippen LogP contribution in [0.2, 0.25) is 0 Å². The molecule has 0 aliphatic carbocycles. The summed E-state index contributed by atoms with van der Waals surface area (Å²) in [4.78, 5) is 16.5. The molecule has 138 valence electrons. The zero-order chi connectivity index (χ0) is 19.4. The quantitative estimate of drug-likeness (QED) is 0.506. The Morgan fingerprint density at radius 2 is 2.00 bits per heavy atom. The summed E-state index contributed by atoms with van der Waals surface area (Å²) >= 11 is 0. The molecule has 9 heteroatoms. The van der Waals surface area contributed by atoms with E-state index in [4.69, 9.17) is 4.42 Å². The number of benzene rings is 1. The number of hydrazone groups is 1. The van der Waals surface area contributed by atoms with Crippen LogP contribution in [0, 0.1) is 6.92 Å². The predicted molar refractivity (Wildman–Crippen MR) is 93.4 cm³/mol. The highest BCUT2D eigenvalue weighted by molar-refractivity contribution is 5.96. The maximum absolute atomic E-state index is 12.5. The van der Waals surface area contributed by atoms with Crippen molar-refractivity contribution >= 4 is 12.1 Å². The lowest BCUT2D eigenvalue weighted by Gasteiger charge is -2.12. The first-order valence-electron chi connectivity index (χ1n) is 7.91. The molecule has 0 unspecified atom stereocenters. The van der Waals surface area contributed by atoms with Gasteiger partial charge in [-0.05, 0) is 30.7 Å². The van der Waals surface area contributed by atoms with Crippen LogP contribution in [0.5, 0.6) is 0 Å². The van der Waals surface area contributed by atoms with E-state index in [-0.39, 0.29) is 11.8 Å². The molecule has 0 saturated carbocycles. The third-order valence-corrected chi connectivity index (χ3v) is 3.69. The van der Waals surface area contributed by atoms with Crippen LogP contribution in [0.4, 0.5) is 8.78 Å². The Morgan fingerprint density at radius 3 is 2.63 bits per heavy atom. The number of rotatable bonds is 5. The maximum atomic E-state index is 12.5. The molecule has 2 heterocycles. The smallest absolute Gasteiger partial charge is 0.314 e. The number of halogens is 2. The summed E-state index contributed by atoms with van der Waals surface area (Å²) in [6.45, 7) is 1.85. The van der Waals surface area contributed by atoms with Crippen molar-refractivity contribution in [1.29, 1.82) is 0 Å². The number of hydrogen-bond donors (Lipinski definition) is 0. The number of hydrogen-bond acceptors (Lipinski definition) is 6. The van der Waals surface area contributed by atoms with Gasteiger partial charge in [-0.15, -0.1) is 10.2 Å². The Labute approximate surface area is 153 Å². The van der Waals surface area contributed by atoms with Gasteiger partial charge in [-0.25, -0.2) is 5.01 Å². The second-order valence-corrected chi connectivity index (χ2v) is 5.61. The van der Waals surface area contributed by atoms with E-state index < -0.39 is 12.3 Å². The van der Waals surface area contributed by atoms with Crippen LogP contribution in [0.1, 0.15) is 33.9 Å². The van der Waals surface area contributed by atoms with Crippen LogP contribution < -0.4 is 0 Å². The van der Waals surface area contributed by atoms with E-state index >= 15 is 0 Å². The minimum absolute atomic E-state index is 0.0480. The van der Waals surface area contributed by atoms with Gasteiger partial charge in [0.1, 0.15) is 0 Å². The third-order valence-electron chi connectivity index (χ3n) is 3.69. The van der Waals surface area contributed by atoms with Crippen LogP contribution in [-0.2, 0) is 0 Å². The molecule has 2 aromatic heterocycles. The Hall–Kier alpha value is -3.49. The average Bonchev–Trinajstić information content (AvgIpc) is 3.17. The van der Waals surface area contributed by atoms with Gasteiger partial charge in [-0.1, -0.05) is 18.2 Å². The molecule has 3 rings (SSSR count). The topological polar surface area (TPSA) is 84.5 Å². The van der Waals surface area contributed by atoms with Crippen molar-refractivity contribution in [3.63, 3.8) is 0 Å². The van der Waals surface area contributed by atoms with Crippen LogP contribution >= 0.6 is 0 Å². The van der Waals surface area contributed by atoms with E-state index in [1.54, 1.807) is 31.3 Å². The zero-order valence-corrected chi connectivity index (χ0v) is 14.5. The summed E-state index contributed by atoms with van der Waals surface area (Å²) in [5, 5.41) is 12.1. The summed E-state index contributed by atoms with van der Waals surface area (Å²) in [5.74, 6) is -1.04. The Kier molecular flexibility index (Phi) is 5.30. The van der Waals surface area contributed by atoms with Crippen LogP contribution in [0.15, 0.2) is 52.1 Å². The largest absolute Gasteiger partial charge is 0.415 e. The number of pyridine rings is 1. The Morgan fingerprint density at radius 1 is 1.22 bits per heavy atom. The SMILES string of the molecule is Cc1ccccc1C(=O)N(C)/N=C/c1ccc(-c2nnc(C(F)F)o2)cn1. The number of aryl methyl sites for hydroxylation is 1. The summed E-state index contributed by atoms with van der Waals surface area (Å²) in [6.07, 6.45) is -0.0158. The second-order valence-electron chi connectivity index (χ2n) is 5.61. The number of amides is 1. The molecule has 0 atom stereocenters. The van der Waals surface area contributed by atoms with Crippen molar-refractivity contribution in [3.8, 4) is 11.5 Å². The van der Waals surface area contributed by atoms with Crippen molar-refractivity contribution in [1.82, 2.24) is 20.2 Å². The average molecular weight is 371 g/mol. The molecular weight excluding hydrogens is 356 g/mol. The number of nitrogens with zero attached hydrogens (tertiary/aromatic N) is 5. The van der Waals surface area contributed by atoms with Gasteiger partial charge in [0.15, 0.2) is 0 Å². The maximum Gasteiger partial charge on any atom is 0.314 e. The highest BCUT2D eigenvalue weighted by Gasteiger charge is 2.17. The van der Waals surface area contributed by atoms with Gasteiger partial charge in [0.05, 0.1) is 17.5 Å². The van der Waals surface area contributed by atoms with Crippen LogP contribution in [-0.4, -0.2) is 39.4 Å². The first kappa shape index (κ1) is 18.3. The molecule has 7 nitrogen and oxygen atoms in total. The molecule has 0 aliphatic heterocycles. The molecule has 3 aromatic rings. The fourth-order valence-electron chi connectivity index (χ4n) is 2.23. The van der Waals surface area contributed by atoms with Gasteiger partial charge < -0.3 is 4.42 Å². The predicted octanol–water partition coefficient (Wildman–Crippen LogP) is 3.48. The lowest BCUT2D eigenvalue weighted by atomic mass is 10.1. The Bertz CT molecular complexity index is 970. The summed E-state index contributed by atoms with van der Waals surface area (Å²) in [5.41, 5.74) is 2.29. The van der Waals surface area contributed by atoms with Crippen LogP contribution in [0.25, 0.3) is 11.5 Å². The number of carbonyl (C=O) groups is 1. The number of carbonyl (C=O) groups excluding carboxylic acids is 1. The molecule has 1 amide bonds. The van der Waals surface area contributed by atoms with Gasteiger partial charge >= 0.3 is 6.43 Å². The van der Waals surface area contributed by atoms with E-state index in [2.05, 4.69) is 20.3 Å². The molecule has 0 radical (unpaired) electrons. The zero-order valence-electron chi connectivity index (χ0n) is 14.5. The van der Waals surface area contributed by atoms with E-state index in [9.17, 15) is 13.6 Å². The molecule has 0 bridgehead atoms. The lowest BCUT2D eigenvalue weighted by Crippen LogP contribution is -2.22. The fraction of sp³-hybridized carbons (Fsp3) is 0.167. The summed E-state index contributed by atoms with van der Waals surface area (Å²) in [6, 6.07) is 10.4. The third kappa shape index (κ3) is 4.20. The van der Waals surface area contributed by atoms with Crippen molar-refractivity contribution in [3.05, 3.63) is 65.3 Å². The van der Waals surface area contributed by atoms with Crippen molar-refractivity contribution in [2.45, 2.75) is 13.3 Å². The highest BCUT2D eigenvalue weighted by atomic mass is 19.3. The molecule has 0 N–H and O–H groups in total. The van der Waals surface area contributed by atoms with Gasteiger partial charge in [0.25, 0.3) is 11.8 Å². The second kappa shape index (κ2) is 7.81. The van der Waals surface area contributed by atoms with Crippen LogP contribution in [0.3, 0.4) is 0 Å². The summed E-state index contributed by atoms with van der Waals surface area (Å²) in [7, 11) is 1.55. The van der Waals surface area contributed by atoms with E-state index in [0.717, 1.165) is 5.56 Å². The van der Waals surface area contributed by atoms with E-state index in [1.807, 2.05) is 19.1 Å². The fourth-order valence-corrected chi connectivity index (χ4v) is 2.23. The van der Waals surface area contributed by atoms with Gasteiger partial charge in [0.2, 0.25) is 5.89 Å². The van der Waals surface area contributed by atoms with E-state index in [1.165, 1.54) is 17.4 Å². The molecule has 0 saturated heterocycles. The highest BCUT2D eigenvalue weighted by Crippen LogP contribution is 2.22. The first-order valence-corrected chi connectivity index (χ1v) is 7.91. The molecule has 27 heavy (non-hydrogen) atoms. The van der Waals surface area contributed by atoms with Crippen molar-refractivity contribution in [2.75, 3.05) is 7.05 Å². The molecule has 0 spiro atoms. The monoisotopic (exact) mass is 371 g/mol. The lowest BCUT2D eigenvalue weighted by molar-refractivity contribution is 0.0799. The van der Waals surface area contributed by atoms with Gasteiger partial charge in [0, 0.05) is 18.8 Å². The minimum atomic E-state index is -2.83. The first-order chi connectivity index (χ1) is 13.0. The minimum Gasteiger partial charge on any atom is -0.415 e. The van der Waals surface area contributed by atoms with Gasteiger partial charge in [-0.3, -0.25) is 9.78 Å². The molecule has 1 aromatic carbocycles. The van der Waals surface area contributed by atoms with Crippen molar-refractivity contribution < 1.29 is 18.0 Å². The number of aromatic nitrogens is 3. The summed E-state index contributed by atoms with van der Waals surface area (Å²) < 4.78 is 29.8. The normalized spacial score (nSPS) is 11.3. The molecule has 0 aliphatic rings. The van der Waals surface area contributed by atoms with Crippen molar-refractivity contribution in [2.24, 2.45) is 5.10 Å². The van der Waals surface area contributed by atoms with Gasteiger partial charge in [-0.2, -0.15) is 13.9 Å². The standard InChI is InChI=1S/C18H15F2N5O2/c1-11-5-3-4-6-14(11)18(26)25(2)22-10-13-8-7-12(9-21-13)16-23-24-17(27-16)15(19)20/h3-10,15H,1-2H3/b22-10+. The van der Waals surface area contributed by atoms with E-state index in [0.29, 0.717) is 16.8 Å².